The van der Waals surface area contributed by atoms with Gasteiger partial charge >= 0.3 is 5.97 Å². The van der Waals surface area contributed by atoms with Crippen LogP contribution in [0.25, 0.3) is 5.76 Å². The average molecular weight is 426 g/mol. The Kier molecular flexibility index (Phi) is 6.26. The summed E-state index contributed by atoms with van der Waals surface area (Å²) in [7, 11) is 5.00. The second-order valence-electron chi connectivity index (χ2n) is 7.70. The Hall–Kier alpha value is -3.46. The maximum Gasteiger partial charge on any atom is 0.354 e. The van der Waals surface area contributed by atoms with Crippen molar-refractivity contribution in [3.8, 4) is 0 Å². The van der Waals surface area contributed by atoms with Crippen LogP contribution in [-0.2, 0) is 14.3 Å². The van der Waals surface area contributed by atoms with Crippen LogP contribution < -0.4 is 0 Å². The molecule has 2 aromatic rings. The summed E-state index contributed by atoms with van der Waals surface area (Å²) in [6, 6.07) is 2.68. The van der Waals surface area contributed by atoms with E-state index in [1.807, 2.05) is 19.0 Å². The fourth-order valence-electron chi connectivity index (χ4n) is 3.85. The lowest BCUT2D eigenvalue weighted by atomic mass is 9.95. The number of H-pyrrole nitrogens is 1. The molecule has 0 aromatic carbocycles. The van der Waals surface area contributed by atoms with Gasteiger partial charge in [0.15, 0.2) is 0 Å². The lowest BCUT2D eigenvalue weighted by Crippen LogP contribution is -2.35. The van der Waals surface area contributed by atoms with Gasteiger partial charge in [0.25, 0.3) is 11.7 Å². The van der Waals surface area contributed by atoms with E-state index < -0.39 is 23.7 Å². The second kappa shape index (κ2) is 8.73. The van der Waals surface area contributed by atoms with E-state index in [2.05, 4.69) is 9.97 Å². The number of rotatable bonds is 6. The number of aromatic nitrogens is 2. The summed E-state index contributed by atoms with van der Waals surface area (Å²) in [5.74, 6) is -2.38. The number of pyridine rings is 1. The van der Waals surface area contributed by atoms with Crippen LogP contribution in [0.2, 0.25) is 0 Å². The quantitative estimate of drug-likeness (QED) is 0.313. The number of hydrogen-bond acceptors (Lipinski definition) is 7. The Morgan fingerprint density at radius 2 is 2.03 bits per heavy atom. The Bertz CT molecular complexity index is 1060. The number of aliphatic hydroxyl groups is 1. The van der Waals surface area contributed by atoms with Gasteiger partial charge in [-0.1, -0.05) is 6.07 Å². The second-order valence-corrected chi connectivity index (χ2v) is 7.70. The van der Waals surface area contributed by atoms with Crippen molar-refractivity contribution < 1.29 is 24.2 Å². The lowest BCUT2D eigenvalue weighted by molar-refractivity contribution is -0.140. The van der Waals surface area contributed by atoms with Gasteiger partial charge in [-0.15, -0.1) is 0 Å². The highest BCUT2D eigenvalue weighted by Crippen LogP contribution is 2.40. The van der Waals surface area contributed by atoms with Crippen molar-refractivity contribution in [2.45, 2.75) is 19.9 Å². The number of esters is 1. The van der Waals surface area contributed by atoms with Crippen molar-refractivity contribution in [3.05, 3.63) is 58.2 Å². The molecule has 0 bridgehead atoms. The van der Waals surface area contributed by atoms with Crippen molar-refractivity contribution in [2.75, 3.05) is 34.3 Å². The number of nitrogens with zero attached hydrogens (tertiary/aromatic N) is 3. The van der Waals surface area contributed by atoms with Crippen LogP contribution in [0.3, 0.4) is 0 Å². The molecular formula is C22H26N4O5. The number of hydrogen-bond donors (Lipinski definition) is 2. The number of aromatic amines is 1. The Morgan fingerprint density at radius 1 is 1.32 bits per heavy atom. The van der Waals surface area contributed by atoms with Crippen LogP contribution in [-0.4, -0.2) is 76.8 Å². The SMILES string of the molecule is COC(=O)c1[nH]c(C)c(/C(O)=C2\C(=O)C(=O)N(CCN(C)C)[C@H]2c2cccnc2)c1C. The van der Waals surface area contributed by atoms with E-state index in [4.69, 9.17) is 4.74 Å². The molecule has 0 saturated carbocycles. The third kappa shape index (κ3) is 3.96. The third-order valence-electron chi connectivity index (χ3n) is 5.39. The van der Waals surface area contributed by atoms with Gasteiger partial charge in [-0.25, -0.2) is 4.79 Å². The smallest absolute Gasteiger partial charge is 0.354 e. The van der Waals surface area contributed by atoms with Crippen LogP contribution in [0, 0.1) is 13.8 Å². The maximum absolute atomic E-state index is 13.0. The van der Waals surface area contributed by atoms with Crippen LogP contribution in [0.1, 0.15) is 38.9 Å². The van der Waals surface area contributed by atoms with Gasteiger partial charge in [-0.2, -0.15) is 0 Å². The number of ether oxygens (including phenoxy) is 1. The predicted molar refractivity (Wildman–Crippen MR) is 113 cm³/mol. The molecule has 0 unspecified atom stereocenters. The number of aryl methyl sites for hydroxylation is 1. The topological polar surface area (TPSA) is 116 Å². The Balaban J connectivity index is 2.20. The first-order valence-electron chi connectivity index (χ1n) is 9.79. The van der Waals surface area contributed by atoms with Crippen LogP contribution in [0.15, 0.2) is 30.1 Å². The van der Waals surface area contributed by atoms with Crippen LogP contribution >= 0.6 is 0 Å². The summed E-state index contributed by atoms with van der Waals surface area (Å²) < 4.78 is 4.78. The molecule has 2 aromatic heterocycles. The number of aliphatic hydroxyl groups excluding tert-OH is 1. The number of methoxy groups -OCH3 is 1. The van der Waals surface area contributed by atoms with E-state index in [1.54, 1.807) is 38.4 Å². The van der Waals surface area contributed by atoms with Crippen LogP contribution in [0.5, 0.6) is 0 Å². The van der Waals surface area contributed by atoms with Crippen molar-refractivity contribution >= 4 is 23.4 Å². The summed E-state index contributed by atoms with van der Waals surface area (Å²) in [6.07, 6.45) is 3.17. The number of likely N-dealkylation sites (N-methyl/N-ethyl adjacent to an activating group) is 1. The number of Topliss-reactive ketones (excluding diaryl/α,β-unsaturated/α-hetero) is 1. The lowest BCUT2D eigenvalue weighted by Gasteiger charge is -2.26. The molecule has 1 aliphatic rings. The van der Waals surface area contributed by atoms with E-state index in [-0.39, 0.29) is 17.0 Å². The maximum atomic E-state index is 13.0. The first-order chi connectivity index (χ1) is 14.7. The largest absolute Gasteiger partial charge is 0.507 e. The normalized spacial score (nSPS) is 18.1. The van der Waals surface area contributed by atoms with Gasteiger partial charge in [-0.05, 0) is 45.1 Å². The minimum absolute atomic E-state index is 0.0293. The molecule has 1 amide bonds. The zero-order chi connectivity index (χ0) is 22.9. The number of likely N-dealkylation sites (tertiary alicyclic amines) is 1. The molecule has 0 aliphatic carbocycles. The number of nitrogens with one attached hydrogen (secondary N) is 1. The van der Waals surface area contributed by atoms with Gasteiger partial charge in [0.2, 0.25) is 0 Å². The molecule has 1 aliphatic heterocycles. The summed E-state index contributed by atoms with van der Waals surface area (Å²) in [5, 5.41) is 11.2. The summed E-state index contributed by atoms with van der Waals surface area (Å²) >= 11 is 0. The highest BCUT2D eigenvalue weighted by atomic mass is 16.5. The molecular weight excluding hydrogens is 400 g/mol. The predicted octanol–water partition coefficient (Wildman–Crippen LogP) is 1.80. The summed E-state index contributed by atoms with van der Waals surface area (Å²) in [6.45, 7) is 4.16. The monoisotopic (exact) mass is 426 g/mol. The molecule has 0 spiro atoms. The number of carbonyl (C=O) groups excluding carboxylic acids is 3. The Labute approximate surface area is 180 Å². The number of ketones is 1. The average Bonchev–Trinajstić information content (AvgIpc) is 3.18. The van der Waals surface area contributed by atoms with Gasteiger partial charge in [0, 0.05) is 36.7 Å². The van der Waals surface area contributed by atoms with E-state index in [1.165, 1.54) is 12.0 Å². The zero-order valence-corrected chi connectivity index (χ0v) is 18.2. The molecule has 3 heterocycles. The van der Waals surface area contributed by atoms with Gasteiger partial charge in [0.1, 0.15) is 11.5 Å². The molecule has 3 rings (SSSR count). The molecule has 164 valence electrons. The molecule has 2 N–H and O–H groups in total. The fourth-order valence-corrected chi connectivity index (χ4v) is 3.85. The first kappa shape index (κ1) is 22.2. The molecule has 9 nitrogen and oxygen atoms in total. The van der Waals surface area contributed by atoms with E-state index in [9.17, 15) is 19.5 Å². The van der Waals surface area contributed by atoms with Gasteiger partial charge < -0.3 is 24.6 Å². The highest BCUT2D eigenvalue weighted by Gasteiger charge is 2.46. The first-order valence-corrected chi connectivity index (χ1v) is 9.79. The molecule has 1 atom stereocenters. The molecule has 1 saturated heterocycles. The highest BCUT2D eigenvalue weighted by molar-refractivity contribution is 6.46. The number of carbonyl (C=O) groups is 3. The Morgan fingerprint density at radius 3 is 2.61 bits per heavy atom. The molecule has 0 radical (unpaired) electrons. The molecule has 1 fully saturated rings. The molecule has 31 heavy (non-hydrogen) atoms. The third-order valence-corrected chi connectivity index (χ3v) is 5.39. The standard InChI is InChI=1S/C22H26N4O5/c1-12-15(13(2)24-17(12)22(30)31-5)19(27)16-18(14-7-6-8-23-11-14)26(10-9-25(3)4)21(29)20(16)28/h6-8,11,18,24,27H,9-10H2,1-5H3/b19-16+/t18-/m0/s1. The molecule has 9 heteroatoms. The minimum atomic E-state index is -0.788. The van der Waals surface area contributed by atoms with Crippen molar-refractivity contribution in [1.82, 2.24) is 19.8 Å². The summed E-state index contributed by atoms with van der Waals surface area (Å²) in [4.78, 5) is 48.3. The van der Waals surface area contributed by atoms with Crippen molar-refractivity contribution in [3.63, 3.8) is 0 Å². The zero-order valence-electron chi connectivity index (χ0n) is 18.2. The fraction of sp³-hybridized carbons (Fsp3) is 0.364. The van der Waals surface area contributed by atoms with E-state index in [0.717, 1.165) is 0 Å². The van der Waals surface area contributed by atoms with Crippen molar-refractivity contribution in [2.24, 2.45) is 0 Å². The summed E-state index contributed by atoms with van der Waals surface area (Å²) in [5.41, 5.74) is 1.99. The minimum Gasteiger partial charge on any atom is -0.507 e. The van der Waals surface area contributed by atoms with E-state index >= 15 is 0 Å². The van der Waals surface area contributed by atoms with E-state index in [0.29, 0.717) is 35.5 Å². The van der Waals surface area contributed by atoms with Gasteiger partial charge in [-0.3, -0.25) is 14.6 Å². The van der Waals surface area contributed by atoms with Crippen LogP contribution in [0.4, 0.5) is 0 Å². The number of amides is 1. The van der Waals surface area contributed by atoms with Crippen molar-refractivity contribution in [1.29, 1.82) is 0 Å². The van der Waals surface area contributed by atoms with Gasteiger partial charge in [0.05, 0.1) is 18.7 Å².